The molecule has 0 N–H and O–H groups in total. The van der Waals surface area contributed by atoms with Crippen LogP contribution in [0.4, 0.5) is 0 Å². The first-order valence-electron chi connectivity index (χ1n) is 4.61. The van der Waals surface area contributed by atoms with Gasteiger partial charge in [-0.2, -0.15) is 4.98 Å². The third kappa shape index (κ3) is 1.58. The Morgan fingerprint density at radius 1 is 0.938 bits per heavy atom. The first kappa shape index (κ1) is 9.75. The van der Waals surface area contributed by atoms with Crippen LogP contribution in [0.15, 0.2) is 30.5 Å². The van der Waals surface area contributed by atoms with Gasteiger partial charge in [-0.1, -0.05) is 11.6 Å². The highest BCUT2D eigenvalue weighted by molar-refractivity contribution is 6.31. The van der Waals surface area contributed by atoms with E-state index in [0.717, 1.165) is 16.3 Å². The SMILES string of the molecule is Clc1ccc2nc3nc(Cl)ncc3cc2c1. The number of pyridine rings is 1. The lowest BCUT2D eigenvalue weighted by Crippen LogP contribution is -1.88. The number of hydrogen-bond donors (Lipinski definition) is 0. The third-order valence-corrected chi connectivity index (χ3v) is 2.71. The Bertz CT molecular complexity index is 636. The highest BCUT2D eigenvalue weighted by Gasteiger charge is 2.02. The maximum Gasteiger partial charge on any atom is 0.224 e. The maximum atomic E-state index is 5.91. The highest BCUT2D eigenvalue weighted by atomic mass is 35.5. The molecule has 0 radical (unpaired) electrons. The van der Waals surface area contributed by atoms with Crippen LogP contribution in [-0.2, 0) is 0 Å². The number of benzene rings is 1. The van der Waals surface area contributed by atoms with Crippen LogP contribution in [0, 0.1) is 0 Å². The molecular formula is C11H5Cl2N3. The Morgan fingerprint density at radius 3 is 2.69 bits per heavy atom. The van der Waals surface area contributed by atoms with Gasteiger partial charge in [0.2, 0.25) is 5.28 Å². The summed E-state index contributed by atoms with van der Waals surface area (Å²) in [5.41, 5.74) is 1.43. The second-order valence-corrected chi connectivity index (χ2v) is 4.15. The minimum Gasteiger partial charge on any atom is -0.228 e. The van der Waals surface area contributed by atoms with Crippen molar-refractivity contribution in [3.8, 4) is 0 Å². The standard InChI is InChI=1S/C11H5Cl2N3/c12-8-1-2-9-6(4-8)3-7-5-14-11(13)16-10(7)15-9/h1-5H. The van der Waals surface area contributed by atoms with Crippen LogP contribution in [0.25, 0.3) is 21.9 Å². The van der Waals surface area contributed by atoms with Gasteiger partial charge >= 0.3 is 0 Å². The molecule has 0 fully saturated rings. The molecular weight excluding hydrogens is 245 g/mol. The molecule has 3 rings (SSSR count). The normalized spacial score (nSPS) is 11.1. The van der Waals surface area contributed by atoms with Crippen molar-refractivity contribution < 1.29 is 0 Å². The van der Waals surface area contributed by atoms with Crippen molar-refractivity contribution in [1.29, 1.82) is 0 Å². The van der Waals surface area contributed by atoms with Crippen LogP contribution in [0.1, 0.15) is 0 Å². The minimum absolute atomic E-state index is 0.202. The summed E-state index contributed by atoms with van der Waals surface area (Å²) in [4.78, 5) is 12.4. The predicted molar refractivity (Wildman–Crippen MR) is 64.9 cm³/mol. The molecule has 5 heteroatoms. The van der Waals surface area contributed by atoms with Gasteiger partial charge in [-0.05, 0) is 35.9 Å². The Morgan fingerprint density at radius 2 is 1.81 bits per heavy atom. The molecule has 0 bridgehead atoms. The van der Waals surface area contributed by atoms with Crippen LogP contribution < -0.4 is 0 Å². The van der Waals surface area contributed by atoms with Gasteiger partial charge in [-0.15, -0.1) is 0 Å². The molecule has 3 aromatic rings. The van der Waals surface area contributed by atoms with Crippen molar-refractivity contribution in [3.63, 3.8) is 0 Å². The molecule has 0 amide bonds. The number of hydrogen-bond acceptors (Lipinski definition) is 3. The number of nitrogens with zero attached hydrogens (tertiary/aromatic N) is 3. The zero-order chi connectivity index (χ0) is 11.1. The van der Waals surface area contributed by atoms with E-state index in [1.807, 2.05) is 18.2 Å². The molecule has 1 aromatic carbocycles. The zero-order valence-electron chi connectivity index (χ0n) is 7.98. The molecule has 2 aromatic heterocycles. The van der Waals surface area contributed by atoms with Crippen LogP contribution >= 0.6 is 23.2 Å². The van der Waals surface area contributed by atoms with Gasteiger partial charge in [0, 0.05) is 22.0 Å². The van der Waals surface area contributed by atoms with Crippen LogP contribution in [-0.4, -0.2) is 15.0 Å². The van der Waals surface area contributed by atoms with Crippen molar-refractivity contribution in [2.75, 3.05) is 0 Å². The van der Waals surface area contributed by atoms with Crippen LogP contribution in [0.5, 0.6) is 0 Å². The van der Waals surface area contributed by atoms with E-state index < -0.39 is 0 Å². The highest BCUT2D eigenvalue weighted by Crippen LogP contribution is 2.21. The fourth-order valence-electron chi connectivity index (χ4n) is 1.58. The van der Waals surface area contributed by atoms with Gasteiger partial charge in [-0.3, -0.25) is 0 Å². The molecule has 0 aliphatic rings. The van der Waals surface area contributed by atoms with Crippen LogP contribution in [0.2, 0.25) is 10.3 Å². The Balaban J connectivity index is 2.44. The average molecular weight is 250 g/mol. The fraction of sp³-hybridized carbons (Fsp3) is 0. The lowest BCUT2D eigenvalue weighted by atomic mass is 10.2. The molecule has 3 nitrogen and oxygen atoms in total. The monoisotopic (exact) mass is 249 g/mol. The number of halogens is 2. The molecule has 0 unspecified atom stereocenters. The van der Waals surface area contributed by atoms with E-state index in [2.05, 4.69) is 15.0 Å². The smallest absolute Gasteiger partial charge is 0.224 e. The molecule has 16 heavy (non-hydrogen) atoms. The molecule has 0 saturated carbocycles. The van der Waals surface area contributed by atoms with E-state index in [1.165, 1.54) is 0 Å². The van der Waals surface area contributed by atoms with E-state index >= 15 is 0 Å². The van der Waals surface area contributed by atoms with Crippen molar-refractivity contribution in [2.24, 2.45) is 0 Å². The van der Waals surface area contributed by atoms with Crippen LogP contribution in [0.3, 0.4) is 0 Å². The van der Waals surface area contributed by atoms with E-state index in [-0.39, 0.29) is 5.28 Å². The first-order chi connectivity index (χ1) is 7.72. The molecule has 78 valence electrons. The van der Waals surface area contributed by atoms with E-state index in [9.17, 15) is 0 Å². The van der Waals surface area contributed by atoms with Gasteiger partial charge < -0.3 is 0 Å². The number of rotatable bonds is 0. The summed E-state index contributed by atoms with van der Waals surface area (Å²) >= 11 is 11.6. The summed E-state index contributed by atoms with van der Waals surface area (Å²) in [5.74, 6) is 0. The summed E-state index contributed by atoms with van der Waals surface area (Å²) in [6.45, 7) is 0. The molecule has 0 spiro atoms. The van der Waals surface area contributed by atoms with Crippen molar-refractivity contribution in [3.05, 3.63) is 40.8 Å². The lowest BCUT2D eigenvalue weighted by Gasteiger charge is -2.01. The van der Waals surface area contributed by atoms with Gasteiger partial charge in [0.1, 0.15) is 0 Å². The summed E-state index contributed by atoms with van der Waals surface area (Å²) in [7, 11) is 0. The van der Waals surface area contributed by atoms with E-state index in [0.29, 0.717) is 10.7 Å². The number of fused-ring (bicyclic) bond motifs is 2. The van der Waals surface area contributed by atoms with Gasteiger partial charge in [0.15, 0.2) is 5.65 Å². The maximum absolute atomic E-state index is 5.91. The average Bonchev–Trinajstić information content (AvgIpc) is 2.26. The predicted octanol–water partition coefficient (Wildman–Crippen LogP) is 3.48. The minimum atomic E-state index is 0.202. The quantitative estimate of drug-likeness (QED) is 0.452. The Kier molecular flexibility index (Phi) is 2.16. The summed E-state index contributed by atoms with van der Waals surface area (Å²) in [6, 6.07) is 7.45. The molecule has 0 aliphatic heterocycles. The largest absolute Gasteiger partial charge is 0.228 e. The molecule has 0 saturated heterocycles. The van der Waals surface area contributed by atoms with Crippen molar-refractivity contribution >= 4 is 45.1 Å². The zero-order valence-corrected chi connectivity index (χ0v) is 9.50. The second-order valence-electron chi connectivity index (χ2n) is 3.38. The summed E-state index contributed by atoms with van der Waals surface area (Å²) < 4.78 is 0. The molecule has 2 heterocycles. The Labute approximate surface area is 101 Å². The summed E-state index contributed by atoms with van der Waals surface area (Å²) in [6.07, 6.45) is 1.65. The second kappa shape index (κ2) is 3.54. The summed E-state index contributed by atoms with van der Waals surface area (Å²) in [5, 5.41) is 2.70. The lowest BCUT2D eigenvalue weighted by molar-refractivity contribution is 1.19. The molecule has 0 aliphatic carbocycles. The van der Waals surface area contributed by atoms with E-state index in [4.69, 9.17) is 23.2 Å². The van der Waals surface area contributed by atoms with Gasteiger partial charge in [0.25, 0.3) is 0 Å². The number of aromatic nitrogens is 3. The molecule has 0 atom stereocenters. The van der Waals surface area contributed by atoms with Crippen molar-refractivity contribution in [1.82, 2.24) is 15.0 Å². The fourth-order valence-corrected chi connectivity index (χ4v) is 1.89. The third-order valence-electron chi connectivity index (χ3n) is 2.29. The van der Waals surface area contributed by atoms with E-state index in [1.54, 1.807) is 12.3 Å². The van der Waals surface area contributed by atoms with Gasteiger partial charge in [0.05, 0.1) is 5.52 Å². The first-order valence-corrected chi connectivity index (χ1v) is 5.36. The Hall–Kier alpha value is -1.45. The van der Waals surface area contributed by atoms with Crippen molar-refractivity contribution in [2.45, 2.75) is 0 Å². The van der Waals surface area contributed by atoms with Gasteiger partial charge in [-0.25, -0.2) is 9.97 Å². The topological polar surface area (TPSA) is 38.7 Å².